The van der Waals surface area contributed by atoms with Gasteiger partial charge in [-0.2, -0.15) is 0 Å². The summed E-state index contributed by atoms with van der Waals surface area (Å²) in [5.41, 5.74) is 1.05. The van der Waals surface area contributed by atoms with E-state index in [1.165, 1.54) is 0 Å². The summed E-state index contributed by atoms with van der Waals surface area (Å²) in [6.45, 7) is 6.51. The third-order valence-corrected chi connectivity index (χ3v) is 4.68. The molecule has 1 aromatic carbocycles. The van der Waals surface area contributed by atoms with Gasteiger partial charge in [-0.1, -0.05) is 0 Å². The average molecular weight is 283 g/mol. The number of benzene rings is 1. The normalized spacial score (nSPS) is 20.4. The van der Waals surface area contributed by atoms with Crippen LogP contribution in [0.25, 0.3) is 0 Å². The van der Waals surface area contributed by atoms with Crippen molar-refractivity contribution in [2.24, 2.45) is 0 Å². The summed E-state index contributed by atoms with van der Waals surface area (Å²) in [7, 11) is 1.63. The van der Waals surface area contributed by atoms with Gasteiger partial charge in [-0.25, -0.2) is 0 Å². The molecular weight excluding hydrogens is 262 g/mol. The van der Waals surface area contributed by atoms with Gasteiger partial charge in [0.15, 0.2) is 0 Å². The van der Waals surface area contributed by atoms with Crippen molar-refractivity contribution >= 4 is 11.4 Å². The third kappa shape index (κ3) is 3.35. The molecule has 1 aliphatic rings. The van der Waals surface area contributed by atoms with Crippen molar-refractivity contribution < 1.29 is 14.0 Å². The van der Waals surface area contributed by atoms with E-state index in [0.29, 0.717) is 6.61 Å². The molecule has 0 spiro atoms. The number of ether oxygens (including phenoxy) is 2. The van der Waals surface area contributed by atoms with Gasteiger partial charge in [-0.3, -0.25) is 0 Å². The zero-order chi connectivity index (χ0) is 14.0. The Morgan fingerprint density at radius 3 is 2.79 bits per heavy atom. The highest BCUT2D eigenvalue weighted by atomic mass is 32.2. The van der Waals surface area contributed by atoms with Gasteiger partial charge in [0, 0.05) is 29.4 Å². The second-order valence-corrected chi connectivity index (χ2v) is 7.59. The second kappa shape index (κ2) is 5.61. The lowest BCUT2D eigenvalue weighted by atomic mass is 10.0. The van der Waals surface area contributed by atoms with E-state index in [2.05, 4.69) is 4.72 Å². The highest BCUT2D eigenvalue weighted by molar-refractivity contribution is 7.90. The van der Waals surface area contributed by atoms with Gasteiger partial charge in [0.1, 0.15) is 16.2 Å². The van der Waals surface area contributed by atoms with Crippen molar-refractivity contribution in [2.75, 3.05) is 13.7 Å². The van der Waals surface area contributed by atoms with Gasteiger partial charge in [-0.05, 0) is 32.9 Å². The SMILES string of the molecule is COc1ccc2c(c1)OCC[C@@H]2N[S+]([O-])C(C)(C)C. The first-order valence-corrected chi connectivity index (χ1v) is 7.55. The molecule has 1 unspecified atom stereocenters. The largest absolute Gasteiger partial charge is 0.598 e. The number of methoxy groups -OCH3 is 1. The minimum absolute atomic E-state index is 0.0646. The third-order valence-electron chi connectivity index (χ3n) is 3.07. The van der Waals surface area contributed by atoms with E-state index >= 15 is 0 Å². The van der Waals surface area contributed by atoms with E-state index in [1.54, 1.807) is 7.11 Å². The molecule has 1 aliphatic heterocycles. The Hall–Kier alpha value is -0.910. The van der Waals surface area contributed by atoms with Crippen molar-refractivity contribution in [1.29, 1.82) is 0 Å². The van der Waals surface area contributed by atoms with Gasteiger partial charge in [0.25, 0.3) is 0 Å². The van der Waals surface area contributed by atoms with Crippen LogP contribution in [0.5, 0.6) is 11.5 Å². The maximum Gasteiger partial charge on any atom is 0.136 e. The number of rotatable bonds is 3. The first kappa shape index (κ1) is 14.5. The Labute approximate surface area is 117 Å². The van der Waals surface area contributed by atoms with Gasteiger partial charge < -0.3 is 14.0 Å². The fraction of sp³-hybridized carbons (Fsp3) is 0.571. The fourth-order valence-electron chi connectivity index (χ4n) is 1.93. The topological polar surface area (TPSA) is 53.5 Å². The van der Waals surface area contributed by atoms with Gasteiger partial charge in [0.2, 0.25) is 0 Å². The molecule has 106 valence electrons. The van der Waals surface area contributed by atoms with Crippen molar-refractivity contribution in [2.45, 2.75) is 38.0 Å². The van der Waals surface area contributed by atoms with Crippen LogP contribution in [0.3, 0.4) is 0 Å². The molecule has 0 saturated carbocycles. The van der Waals surface area contributed by atoms with Crippen LogP contribution in [0.2, 0.25) is 0 Å². The molecule has 0 saturated heterocycles. The Kier molecular flexibility index (Phi) is 4.28. The molecule has 5 heteroatoms. The highest BCUT2D eigenvalue weighted by Gasteiger charge is 2.32. The molecule has 0 aliphatic carbocycles. The van der Waals surface area contributed by atoms with Crippen LogP contribution in [0, 0.1) is 0 Å². The Bertz CT molecular complexity index is 445. The van der Waals surface area contributed by atoms with E-state index < -0.39 is 11.4 Å². The molecular formula is C14H21NO3S. The first-order chi connectivity index (χ1) is 8.91. The minimum Gasteiger partial charge on any atom is -0.598 e. The van der Waals surface area contributed by atoms with Crippen LogP contribution in [0.1, 0.15) is 38.8 Å². The molecule has 2 rings (SSSR count). The summed E-state index contributed by atoms with van der Waals surface area (Å²) in [6.07, 6.45) is 0.821. The Morgan fingerprint density at radius 2 is 2.16 bits per heavy atom. The van der Waals surface area contributed by atoms with Crippen LogP contribution in [0.15, 0.2) is 18.2 Å². The summed E-state index contributed by atoms with van der Waals surface area (Å²) in [5, 5.41) is 0. The Balaban J connectivity index is 2.18. The molecule has 1 heterocycles. The van der Waals surface area contributed by atoms with E-state index in [-0.39, 0.29) is 10.8 Å². The molecule has 1 N–H and O–H groups in total. The number of nitrogens with one attached hydrogen (secondary N) is 1. The molecule has 4 nitrogen and oxygen atoms in total. The number of fused-ring (bicyclic) bond motifs is 1. The van der Waals surface area contributed by atoms with Crippen LogP contribution >= 0.6 is 0 Å². The maximum atomic E-state index is 12.2. The molecule has 2 atom stereocenters. The van der Waals surface area contributed by atoms with Crippen molar-refractivity contribution in [3.05, 3.63) is 23.8 Å². The fourth-order valence-corrected chi connectivity index (χ4v) is 2.78. The zero-order valence-electron chi connectivity index (χ0n) is 11.9. The van der Waals surface area contributed by atoms with Gasteiger partial charge >= 0.3 is 0 Å². The van der Waals surface area contributed by atoms with E-state index in [1.807, 2.05) is 39.0 Å². The molecule has 0 amide bonds. The van der Waals surface area contributed by atoms with Gasteiger partial charge in [0.05, 0.1) is 19.8 Å². The van der Waals surface area contributed by atoms with Crippen molar-refractivity contribution in [1.82, 2.24) is 4.72 Å². The summed E-state index contributed by atoms with van der Waals surface area (Å²) < 4.78 is 26.0. The van der Waals surface area contributed by atoms with Crippen LogP contribution in [-0.4, -0.2) is 23.0 Å². The second-order valence-electron chi connectivity index (χ2n) is 5.59. The average Bonchev–Trinajstić information content (AvgIpc) is 2.37. The quantitative estimate of drug-likeness (QED) is 0.866. The van der Waals surface area contributed by atoms with E-state index in [4.69, 9.17) is 9.47 Å². The van der Waals surface area contributed by atoms with Crippen molar-refractivity contribution in [3.63, 3.8) is 0 Å². The monoisotopic (exact) mass is 283 g/mol. The van der Waals surface area contributed by atoms with E-state index in [0.717, 1.165) is 23.5 Å². The van der Waals surface area contributed by atoms with Gasteiger partial charge in [-0.15, -0.1) is 4.72 Å². The molecule has 1 aromatic rings. The molecule has 19 heavy (non-hydrogen) atoms. The van der Waals surface area contributed by atoms with Crippen LogP contribution in [0.4, 0.5) is 0 Å². The number of hydrogen-bond donors (Lipinski definition) is 1. The summed E-state index contributed by atoms with van der Waals surface area (Å²) in [6, 6.07) is 5.82. The smallest absolute Gasteiger partial charge is 0.136 e. The predicted octanol–water partition coefficient (Wildman–Crippen LogP) is 2.57. The standard InChI is InChI=1S/C14H21NO3S/c1-14(2,3)19(16)15-12-7-8-18-13-9-10(17-4)5-6-11(12)13/h5-6,9,12,15H,7-8H2,1-4H3/t12-,19?/m0/s1. The molecule has 0 aromatic heterocycles. The maximum absolute atomic E-state index is 12.2. The van der Waals surface area contributed by atoms with E-state index in [9.17, 15) is 4.55 Å². The lowest BCUT2D eigenvalue weighted by Crippen LogP contribution is -2.42. The summed E-state index contributed by atoms with van der Waals surface area (Å²) in [4.78, 5) is 0. The first-order valence-electron chi connectivity index (χ1n) is 6.40. The highest BCUT2D eigenvalue weighted by Crippen LogP contribution is 2.35. The van der Waals surface area contributed by atoms with Crippen LogP contribution < -0.4 is 14.2 Å². The summed E-state index contributed by atoms with van der Waals surface area (Å²) in [5.74, 6) is 1.59. The van der Waals surface area contributed by atoms with Crippen molar-refractivity contribution in [3.8, 4) is 11.5 Å². The predicted molar refractivity (Wildman–Crippen MR) is 76.9 cm³/mol. The molecule has 0 bridgehead atoms. The Morgan fingerprint density at radius 1 is 1.42 bits per heavy atom. The minimum atomic E-state index is -1.09. The number of hydrogen-bond acceptors (Lipinski definition) is 4. The lowest BCUT2D eigenvalue weighted by Gasteiger charge is -2.31. The zero-order valence-corrected chi connectivity index (χ0v) is 12.7. The molecule has 0 fully saturated rings. The summed E-state index contributed by atoms with van der Waals surface area (Å²) >= 11 is -1.09. The molecule has 0 radical (unpaired) electrons. The van der Waals surface area contributed by atoms with Crippen LogP contribution in [-0.2, 0) is 11.4 Å². The lowest BCUT2D eigenvalue weighted by molar-refractivity contribution is 0.261.